The summed E-state index contributed by atoms with van der Waals surface area (Å²) in [5.41, 5.74) is 0.992. The lowest BCUT2D eigenvalue weighted by Gasteiger charge is -2.15. The van der Waals surface area contributed by atoms with Crippen LogP contribution in [0.1, 0.15) is 59.9 Å². The number of halogens is 1. The Labute approximate surface area is 138 Å². The maximum atomic E-state index is 14.4. The molecule has 2 bridgehead atoms. The van der Waals surface area contributed by atoms with Gasteiger partial charge in [0.15, 0.2) is 12.0 Å². The molecular weight excluding hydrogens is 309 g/mol. The fraction of sp³-hybridized carbons (Fsp3) is 0.500. The molecule has 2 aromatic rings. The van der Waals surface area contributed by atoms with Gasteiger partial charge in [0.1, 0.15) is 0 Å². The summed E-state index contributed by atoms with van der Waals surface area (Å²) in [7, 11) is 0. The molecule has 3 aliphatic heterocycles. The van der Waals surface area contributed by atoms with E-state index in [1.807, 2.05) is 30.3 Å². The molecule has 24 heavy (non-hydrogen) atoms. The predicted molar refractivity (Wildman–Crippen MR) is 83.4 cm³/mol. The quantitative estimate of drug-likeness (QED) is 0.813. The molecule has 124 valence electrons. The van der Waals surface area contributed by atoms with Crippen LogP contribution >= 0.6 is 0 Å². The van der Waals surface area contributed by atoms with E-state index in [9.17, 15) is 9.18 Å². The molecule has 0 saturated carbocycles. The number of ether oxygens (including phenoxy) is 1. The minimum absolute atomic E-state index is 0.00747. The van der Waals surface area contributed by atoms with Gasteiger partial charge >= 0.3 is 0 Å². The van der Waals surface area contributed by atoms with Crippen LogP contribution in [0.2, 0.25) is 0 Å². The highest BCUT2D eigenvalue weighted by Crippen LogP contribution is 2.42. The molecule has 0 N–H and O–H groups in total. The van der Waals surface area contributed by atoms with Crippen LogP contribution < -0.4 is 0 Å². The Hall–Kier alpha value is -2.08. The summed E-state index contributed by atoms with van der Waals surface area (Å²) < 4.78 is 21.8. The Morgan fingerprint density at radius 3 is 2.75 bits per heavy atom. The number of carbonyl (C=O) groups is 1. The van der Waals surface area contributed by atoms with Crippen molar-refractivity contribution in [2.24, 2.45) is 5.92 Å². The Kier molecular flexibility index (Phi) is 3.10. The Morgan fingerprint density at radius 2 is 2.04 bits per heavy atom. The van der Waals surface area contributed by atoms with Crippen molar-refractivity contribution in [3.05, 3.63) is 47.5 Å². The van der Waals surface area contributed by atoms with Gasteiger partial charge in [0.25, 0.3) is 0 Å². The molecule has 0 spiro atoms. The van der Waals surface area contributed by atoms with Gasteiger partial charge in [-0.3, -0.25) is 4.79 Å². The fourth-order valence-electron chi connectivity index (χ4n) is 4.32. The third kappa shape index (κ3) is 2.05. The summed E-state index contributed by atoms with van der Waals surface area (Å²) in [6.07, 6.45) is 2.04. The SMILES string of the molecule is O=C(c1nc2n(n1)[C@H](c1ccccc1)C[C@@H]2F)[C@H]1C[C@@H]2CC[C@H]1O2. The van der Waals surface area contributed by atoms with Crippen molar-refractivity contribution < 1.29 is 13.9 Å². The molecule has 2 saturated heterocycles. The van der Waals surface area contributed by atoms with Gasteiger partial charge in [-0.1, -0.05) is 30.3 Å². The Balaban J connectivity index is 1.46. The first-order valence-electron chi connectivity index (χ1n) is 8.56. The second kappa shape index (κ2) is 5.21. The Morgan fingerprint density at radius 1 is 1.21 bits per heavy atom. The van der Waals surface area contributed by atoms with Gasteiger partial charge in [-0.2, -0.15) is 0 Å². The van der Waals surface area contributed by atoms with Crippen LogP contribution in [0.3, 0.4) is 0 Å². The predicted octanol–water partition coefficient (Wildman–Crippen LogP) is 3.03. The van der Waals surface area contributed by atoms with Crippen LogP contribution in [0.4, 0.5) is 4.39 Å². The molecule has 0 radical (unpaired) electrons. The normalized spacial score (nSPS) is 33.8. The molecule has 3 aliphatic rings. The van der Waals surface area contributed by atoms with Gasteiger partial charge < -0.3 is 4.74 Å². The third-order valence-corrected chi connectivity index (χ3v) is 5.51. The molecule has 2 fully saturated rings. The van der Waals surface area contributed by atoms with E-state index in [0.717, 1.165) is 24.8 Å². The lowest BCUT2D eigenvalue weighted by atomic mass is 9.86. The first-order chi connectivity index (χ1) is 11.7. The van der Waals surface area contributed by atoms with Gasteiger partial charge in [-0.15, -0.1) is 5.10 Å². The monoisotopic (exact) mass is 327 g/mol. The van der Waals surface area contributed by atoms with Crippen molar-refractivity contribution in [2.75, 3.05) is 0 Å². The van der Waals surface area contributed by atoms with Crippen molar-refractivity contribution in [3.63, 3.8) is 0 Å². The number of benzene rings is 1. The molecule has 5 nitrogen and oxygen atoms in total. The van der Waals surface area contributed by atoms with Crippen molar-refractivity contribution in [1.29, 1.82) is 0 Å². The highest BCUT2D eigenvalue weighted by molar-refractivity contribution is 5.95. The summed E-state index contributed by atoms with van der Waals surface area (Å²) >= 11 is 0. The maximum absolute atomic E-state index is 14.4. The second-order valence-electron chi connectivity index (χ2n) is 6.95. The molecule has 5 atom stereocenters. The average Bonchev–Trinajstić information content (AvgIpc) is 3.37. The van der Waals surface area contributed by atoms with Gasteiger partial charge in [0.2, 0.25) is 11.6 Å². The van der Waals surface area contributed by atoms with E-state index in [1.54, 1.807) is 4.68 Å². The molecule has 5 rings (SSSR count). The van der Waals surface area contributed by atoms with Crippen LogP contribution in [0.15, 0.2) is 30.3 Å². The molecular formula is C18H18FN3O2. The largest absolute Gasteiger partial charge is 0.374 e. The number of Topliss-reactive ketones (excluding diaryl/α,β-unsaturated/α-hetero) is 1. The standard InChI is InChI=1S/C18H18FN3O2/c19-13-9-14(10-4-2-1-3-5-10)22-18(13)20-17(21-22)16(23)12-8-11-6-7-15(12)24-11/h1-5,11-15H,6-9H2/t11-,12-,13-,14-,15+/m0/s1. The molecule has 1 aromatic carbocycles. The lowest BCUT2D eigenvalue weighted by Crippen LogP contribution is -2.26. The molecule has 1 aromatic heterocycles. The van der Waals surface area contributed by atoms with Crippen molar-refractivity contribution in [2.45, 2.75) is 50.1 Å². The average molecular weight is 327 g/mol. The number of hydrogen-bond acceptors (Lipinski definition) is 4. The molecule has 0 amide bonds. The minimum atomic E-state index is -1.18. The van der Waals surface area contributed by atoms with Gasteiger partial charge in [0, 0.05) is 6.42 Å². The maximum Gasteiger partial charge on any atom is 0.218 e. The number of ketones is 1. The number of rotatable bonds is 3. The van der Waals surface area contributed by atoms with Crippen molar-refractivity contribution in [1.82, 2.24) is 14.8 Å². The summed E-state index contributed by atoms with van der Waals surface area (Å²) in [4.78, 5) is 17.0. The van der Waals surface area contributed by atoms with E-state index < -0.39 is 6.17 Å². The highest BCUT2D eigenvalue weighted by atomic mass is 19.1. The molecule has 4 heterocycles. The summed E-state index contributed by atoms with van der Waals surface area (Å²) in [6, 6.07) is 9.50. The van der Waals surface area contributed by atoms with E-state index >= 15 is 0 Å². The topological polar surface area (TPSA) is 57.0 Å². The number of hydrogen-bond donors (Lipinski definition) is 0. The highest BCUT2D eigenvalue weighted by Gasteiger charge is 2.46. The zero-order chi connectivity index (χ0) is 16.3. The van der Waals surface area contributed by atoms with E-state index in [0.29, 0.717) is 6.42 Å². The zero-order valence-corrected chi connectivity index (χ0v) is 13.1. The van der Waals surface area contributed by atoms with Gasteiger partial charge in [-0.25, -0.2) is 14.1 Å². The van der Waals surface area contributed by atoms with Gasteiger partial charge in [0.05, 0.1) is 24.2 Å². The van der Waals surface area contributed by atoms with E-state index in [-0.39, 0.29) is 41.6 Å². The number of aromatic nitrogens is 3. The lowest BCUT2D eigenvalue weighted by molar-refractivity contribution is 0.0734. The minimum Gasteiger partial charge on any atom is -0.374 e. The van der Waals surface area contributed by atoms with Crippen molar-refractivity contribution in [3.8, 4) is 0 Å². The Bertz CT molecular complexity index is 791. The molecule has 0 unspecified atom stereocenters. The zero-order valence-electron chi connectivity index (χ0n) is 13.1. The van der Waals surface area contributed by atoms with Crippen LogP contribution in [0.5, 0.6) is 0 Å². The molecule has 0 aliphatic carbocycles. The number of alkyl halides is 1. The second-order valence-corrected chi connectivity index (χ2v) is 6.95. The van der Waals surface area contributed by atoms with E-state index in [2.05, 4.69) is 10.1 Å². The number of carbonyl (C=O) groups excluding carboxylic acids is 1. The number of fused-ring (bicyclic) bond motifs is 3. The number of nitrogens with zero attached hydrogens (tertiary/aromatic N) is 3. The molecule has 6 heteroatoms. The fourth-order valence-corrected chi connectivity index (χ4v) is 4.32. The van der Waals surface area contributed by atoms with Crippen LogP contribution in [0, 0.1) is 5.92 Å². The summed E-state index contributed by atoms with van der Waals surface area (Å²) in [6.45, 7) is 0. The third-order valence-electron chi connectivity index (χ3n) is 5.51. The smallest absolute Gasteiger partial charge is 0.218 e. The summed E-state index contributed by atoms with van der Waals surface area (Å²) in [5.74, 6) is 0.161. The van der Waals surface area contributed by atoms with Crippen LogP contribution in [-0.4, -0.2) is 32.8 Å². The van der Waals surface area contributed by atoms with E-state index in [1.165, 1.54) is 0 Å². The van der Waals surface area contributed by atoms with Crippen LogP contribution in [0.25, 0.3) is 0 Å². The van der Waals surface area contributed by atoms with Gasteiger partial charge in [-0.05, 0) is 24.8 Å². The summed E-state index contributed by atoms with van der Waals surface area (Å²) in [5, 5.41) is 4.39. The first-order valence-corrected chi connectivity index (χ1v) is 8.56. The first kappa shape index (κ1) is 14.3. The van der Waals surface area contributed by atoms with Crippen LogP contribution in [-0.2, 0) is 4.74 Å². The van der Waals surface area contributed by atoms with Crippen molar-refractivity contribution >= 4 is 5.78 Å². The van der Waals surface area contributed by atoms with E-state index in [4.69, 9.17) is 4.74 Å².